The maximum atomic E-state index is 8.68. The number of ether oxygens (including phenoxy) is 3. The minimum absolute atomic E-state index is 0.0212. The number of hydrogen-bond acceptors (Lipinski definition) is 6. The summed E-state index contributed by atoms with van der Waals surface area (Å²) in [7, 11) is 1.64. The van der Waals surface area contributed by atoms with Gasteiger partial charge >= 0.3 is 0 Å². The van der Waals surface area contributed by atoms with Crippen molar-refractivity contribution in [1.82, 2.24) is 4.98 Å². The van der Waals surface area contributed by atoms with Gasteiger partial charge in [0, 0.05) is 32.1 Å². The highest BCUT2D eigenvalue weighted by atomic mass is 16.5. The van der Waals surface area contributed by atoms with Crippen molar-refractivity contribution >= 4 is 5.84 Å². The van der Waals surface area contributed by atoms with Crippen molar-refractivity contribution in [2.75, 3.05) is 33.5 Å². The quantitative estimate of drug-likeness (QED) is 0.216. The van der Waals surface area contributed by atoms with Crippen LogP contribution >= 0.6 is 0 Å². The van der Waals surface area contributed by atoms with E-state index in [1.165, 1.54) is 0 Å². The first-order valence-corrected chi connectivity index (χ1v) is 6.35. The summed E-state index contributed by atoms with van der Waals surface area (Å²) in [6.07, 6.45) is 2.38. The van der Waals surface area contributed by atoms with Crippen molar-refractivity contribution in [3.05, 3.63) is 29.6 Å². The molecule has 0 aliphatic heterocycles. The Balaban J connectivity index is 2.25. The number of methoxy groups -OCH3 is 1. The van der Waals surface area contributed by atoms with Crippen LogP contribution in [-0.4, -0.2) is 49.6 Å². The predicted molar refractivity (Wildman–Crippen MR) is 73.7 cm³/mol. The van der Waals surface area contributed by atoms with Crippen molar-refractivity contribution < 1.29 is 19.4 Å². The van der Waals surface area contributed by atoms with E-state index < -0.39 is 0 Å². The minimum atomic E-state index is -0.0212. The van der Waals surface area contributed by atoms with Gasteiger partial charge in [-0.2, -0.15) is 0 Å². The summed E-state index contributed by atoms with van der Waals surface area (Å²) in [6.45, 7) is 2.74. The van der Waals surface area contributed by atoms with Gasteiger partial charge in [0.15, 0.2) is 5.84 Å². The fourth-order valence-electron chi connectivity index (χ4n) is 1.52. The summed E-state index contributed by atoms with van der Waals surface area (Å²) < 4.78 is 15.7. The third-order valence-electron chi connectivity index (χ3n) is 2.51. The summed E-state index contributed by atoms with van der Waals surface area (Å²) in [5, 5.41) is 11.6. The molecule has 1 rings (SSSR count). The molecular weight excluding hydrogens is 262 g/mol. The van der Waals surface area contributed by atoms with Gasteiger partial charge < -0.3 is 25.2 Å². The molecule has 1 aromatic rings. The molecule has 0 unspecified atom stereocenters. The van der Waals surface area contributed by atoms with Crippen LogP contribution in [0.25, 0.3) is 0 Å². The molecule has 112 valence electrons. The molecule has 0 amide bonds. The van der Waals surface area contributed by atoms with E-state index in [0.717, 1.165) is 12.0 Å². The third-order valence-corrected chi connectivity index (χ3v) is 2.51. The monoisotopic (exact) mass is 283 g/mol. The molecule has 0 aromatic carbocycles. The lowest BCUT2D eigenvalue weighted by molar-refractivity contribution is 0.0483. The lowest BCUT2D eigenvalue weighted by Crippen LogP contribution is -2.18. The molecule has 0 saturated heterocycles. The largest absolute Gasteiger partial charge is 0.409 e. The number of amidine groups is 1. The van der Waals surface area contributed by atoms with Crippen molar-refractivity contribution in [1.29, 1.82) is 0 Å². The van der Waals surface area contributed by atoms with Crippen molar-refractivity contribution in [3.8, 4) is 0 Å². The first-order valence-electron chi connectivity index (χ1n) is 6.35. The average Bonchev–Trinajstić information content (AvgIpc) is 2.49. The molecule has 1 aromatic heterocycles. The van der Waals surface area contributed by atoms with E-state index in [1.807, 2.05) is 6.07 Å². The number of nitrogens with two attached hydrogens (primary N) is 1. The zero-order chi connectivity index (χ0) is 14.6. The molecule has 0 atom stereocenters. The van der Waals surface area contributed by atoms with Crippen LogP contribution < -0.4 is 5.73 Å². The van der Waals surface area contributed by atoms with Crippen molar-refractivity contribution in [3.63, 3.8) is 0 Å². The molecule has 0 spiro atoms. The second-order valence-corrected chi connectivity index (χ2v) is 4.01. The first-order chi connectivity index (χ1) is 9.79. The van der Waals surface area contributed by atoms with Crippen LogP contribution in [0.4, 0.5) is 0 Å². The minimum Gasteiger partial charge on any atom is -0.409 e. The molecule has 7 heteroatoms. The van der Waals surface area contributed by atoms with E-state index in [1.54, 1.807) is 19.4 Å². The topological polar surface area (TPSA) is 99.2 Å². The van der Waals surface area contributed by atoms with Crippen molar-refractivity contribution in [2.45, 2.75) is 13.0 Å². The normalized spacial score (nSPS) is 11.8. The van der Waals surface area contributed by atoms with E-state index in [2.05, 4.69) is 10.1 Å². The predicted octanol–water partition coefficient (Wildman–Crippen LogP) is 0.746. The molecule has 0 aliphatic carbocycles. The summed E-state index contributed by atoms with van der Waals surface area (Å²) in [5.41, 5.74) is 6.76. The molecular formula is C13H21N3O4. The molecule has 0 bridgehead atoms. The highest BCUT2D eigenvalue weighted by molar-refractivity contribution is 5.96. The molecule has 0 radical (unpaired) electrons. The van der Waals surface area contributed by atoms with Crippen LogP contribution in [0.3, 0.4) is 0 Å². The van der Waals surface area contributed by atoms with Crippen LogP contribution in [0.15, 0.2) is 23.5 Å². The number of nitrogens with zero attached hydrogens (tertiary/aromatic N) is 2. The standard InChI is InChI=1S/C13H21N3O4/c1-18-8-9-19-6-3-7-20-10-11-4-2-5-15-12(11)13(14)16-17/h2,4-5,17H,3,6-10H2,1H3,(H2,14,16). The smallest absolute Gasteiger partial charge is 0.189 e. The molecule has 3 N–H and O–H groups in total. The maximum Gasteiger partial charge on any atom is 0.189 e. The molecule has 0 saturated carbocycles. The Kier molecular flexibility index (Phi) is 8.28. The zero-order valence-corrected chi connectivity index (χ0v) is 11.6. The number of rotatable bonds is 10. The van der Waals surface area contributed by atoms with Crippen LogP contribution in [0, 0.1) is 0 Å². The zero-order valence-electron chi connectivity index (χ0n) is 11.6. The number of aromatic nitrogens is 1. The van der Waals surface area contributed by atoms with E-state index >= 15 is 0 Å². The Bertz CT molecular complexity index is 412. The Hall–Kier alpha value is -1.70. The fraction of sp³-hybridized carbons (Fsp3) is 0.538. The van der Waals surface area contributed by atoms with Gasteiger partial charge in [-0.05, 0) is 12.5 Å². The third kappa shape index (κ3) is 5.96. The first kappa shape index (κ1) is 16.4. The molecule has 7 nitrogen and oxygen atoms in total. The summed E-state index contributed by atoms with van der Waals surface area (Å²) >= 11 is 0. The lowest BCUT2D eigenvalue weighted by atomic mass is 10.2. The maximum absolute atomic E-state index is 8.68. The second-order valence-electron chi connectivity index (χ2n) is 4.01. The molecule has 1 heterocycles. The van der Waals surface area contributed by atoms with Gasteiger partial charge in [-0.15, -0.1) is 0 Å². The lowest BCUT2D eigenvalue weighted by Gasteiger charge is -2.08. The molecule has 0 aliphatic rings. The number of pyridine rings is 1. The average molecular weight is 283 g/mol. The Morgan fingerprint density at radius 2 is 2.10 bits per heavy atom. The SMILES string of the molecule is COCCOCCCOCc1cccnc1/C(N)=N/O. The highest BCUT2D eigenvalue weighted by Gasteiger charge is 2.07. The Morgan fingerprint density at radius 1 is 1.30 bits per heavy atom. The van der Waals surface area contributed by atoms with Gasteiger partial charge in [-0.3, -0.25) is 4.98 Å². The van der Waals surface area contributed by atoms with Crippen molar-refractivity contribution in [2.24, 2.45) is 10.9 Å². The van der Waals surface area contributed by atoms with E-state index in [9.17, 15) is 0 Å². The van der Waals surface area contributed by atoms with Crippen LogP contribution in [-0.2, 0) is 20.8 Å². The Morgan fingerprint density at radius 3 is 2.85 bits per heavy atom. The van der Waals surface area contributed by atoms with Crippen LogP contribution in [0.1, 0.15) is 17.7 Å². The second kappa shape index (κ2) is 10.1. The fourth-order valence-corrected chi connectivity index (χ4v) is 1.52. The van der Waals surface area contributed by atoms with E-state index in [4.69, 9.17) is 25.2 Å². The van der Waals surface area contributed by atoms with Gasteiger partial charge in [-0.1, -0.05) is 11.2 Å². The van der Waals surface area contributed by atoms with Crippen LogP contribution in [0.2, 0.25) is 0 Å². The van der Waals surface area contributed by atoms with Gasteiger partial charge in [0.2, 0.25) is 0 Å². The summed E-state index contributed by atoms with van der Waals surface area (Å²) in [4.78, 5) is 4.06. The number of hydrogen-bond donors (Lipinski definition) is 2. The van der Waals surface area contributed by atoms with Crippen LogP contribution in [0.5, 0.6) is 0 Å². The van der Waals surface area contributed by atoms with Gasteiger partial charge in [0.05, 0.1) is 19.8 Å². The summed E-state index contributed by atoms with van der Waals surface area (Å²) in [5.74, 6) is -0.0212. The van der Waals surface area contributed by atoms with Gasteiger partial charge in [-0.25, -0.2) is 0 Å². The molecule has 20 heavy (non-hydrogen) atoms. The van der Waals surface area contributed by atoms with E-state index in [0.29, 0.717) is 38.7 Å². The summed E-state index contributed by atoms with van der Waals surface area (Å²) in [6, 6.07) is 3.61. The number of oxime groups is 1. The molecule has 0 fully saturated rings. The van der Waals surface area contributed by atoms with E-state index in [-0.39, 0.29) is 5.84 Å². The highest BCUT2D eigenvalue weighted by Crippen LogP contribution is 2.07. The van der Waals surface area contributed by atoms with Gasteiger partial charge in [0.1, 0.15) is 5.69 Å². The van der Waals surface area contributed by atoms with Gasteiger partial charge in [0.25, 0.3) is 0 Å². The Labute approximate surface area is 118 Å².